The van der Waals surface area contributed by atoms with Crippen LogP contribution in [-0.4, -0.2) is 78.8 Å². The predicted octanol–water partition coefficient (Wildman–Crippen LogP) is 0.0544. The van der Waals surface area contributed by atoms with E-state index >= 15 is 0 Å². The van der Waals surface area contributed by atoms with Crippen molar-refractivity contribution in [3.8, 4) is 0 Å². The molecule has 0 bridgehead atoms. The maximum absolute atomic E-state index is 12.2. The second-order valence-electron chi connectivity index (χ2n) is 5.57. The minimum Gasteiger partial charge on any atom is -0.399 e. The Bertz CT molecular complexity index is 536. The molecule has 1 aromatic carbocycles. The van der Waals surface area contributed by atoms with Crippen LogP contribution < -0.4 is 16.4 Å². The molecule has 1 aromatic rings. The number of ether oxygens (including phenoxy) is 4. The summed E-state index contributed by atoms with van der Waals surface area (Å²) in [4.78, 5) is 24.4. The van der Waals surface area contributed by atoms with Gasteiger partial charge in [-0.2, -0.15) is 0 Å². The predicted molar refractivity (Wildman–Crippen MR) is 101 cm³/mol. The average molecular weight is 383 g/mol. The zero-order chi connectivity index (χ0) is 19.9. The van der Waals surface area contributed by atoms with Gasteiger partial charge >= 0.3 is 0 Å². The molecule has 0 saturated carbocycles. The monoisotopic (exact) mass is 383 g/mol. The molecule has 9 nitrogen and oxygen atoms in total. The van der Waals surface area contributed by atoms with E-state index < -0.39 is 0 Å². The number of methoxy groups -OCH3 is 2. The highest BCUT2D eigenvalue weighted by molar-refractivity contribution is 6.00. The molecule has 152 valence electrons. The van der Waals surface area contributed by atoms with Gasteiger partial charge in [-0.3, -0.25) is 9.59 Å². The van der Waals surface area contributed by atoms with Gasteiger partial charge in [0.2, 0.25) is 0 Å². The lowest BCUT2D eigenvalue weighted by atomic mass is 10.1. The zero-order valence-electron chi connectivity index (χ0n) is 15.9. The fourth-order valence-corrected chi connectivity index (χ4v) is 2.08. The van der Waals surface area contributed by atoms with Crippen LogP contribution in [0.5, 0.6) is 0 Å². The first-order valence-electron chi connectivity index (χ1n) is 8.68. The molecule has 0 unspecified atom stereocenters. The third-order valence-corrected chi connectivity index (χ3v) is 3.41. The summed E-state index contributed by atoms with van der Waals surface area (Å²) in [6.07, 6.45) is 0. The van der Waals surface area contributed by atoms with Crippen LogP contribution in [0.15, 0.2) is 18.2 Å². The first-order valence-corrected chi connectivity index (χ1v) is 8.68. The van der Waals surface area contributed by atoms with Gasteiger partial charge in [0, 0.05) is 44.1 Å². The van der Waals surface area contributed by atoms with Crippen LogP contribution in [0, 0.1) is 0 Å². The smallest absolute Gasteiger partial charge is 0.251 e. The van der Waals surface area contributed by atoms with Crippen LogP contribution in [0.1, 0.15) is 20.7 Å². The van der Waals surface area contributed by atoms with Crippen molar-refractivity contribution in [2.24, 2.45) is 0 Å². The Hall–Kier alpha value is -2.20. The van der Waals surface area contributed by atoms with Crippen molar-refractivity contribution in [1.29, 1.82) is 0 Å². The largest absolute Gasteiger partial charge is 0.399 e. The summed E-state index contributed by atoms with van der Waals surface area (Å²) < 4.78 is 20.3. The molecular weight excluding hydrogens is 354 g/mol. The molecule has 0 radical (unpaired) electrons. The van der Waals surface area contributed by atoms with Crippen LogP contribution in [0.25, 0.3) is 0 Å². The summed E-state index contributed by atoms with van der Waals surface area (Å²) in [7, 11) is 3.18. The molecule has 0 spiro atoms. The van der Waals surface area contributed by atoms with Gasteiger partial charge in [-0.25, -0.2) is 0 Å². The maximum Gasteiger partial charge on any atom is 0.251 e. The van der Waals surface area contributed by atoms with Crippen molar-refractivity contribution in [1.82, 2.24) is 10.6 Å². The highest BCUT2D eigenvalue weighted by Crippen LogP contribution is 2.12. The molecule has 0 atom stereocenters. The highest BCUT2D eigenvalue weighted by Gasteiger charge is 2.12. The Morgan fingerprint density at radius 3 is 1.63 bits per heavy atom. The van der Waals surface area contributed by atoms with Crippen molar-refractivity contribution < 1.29 is 28.5 Å². The summed E-state index contributed by atoms with van der Waals surface area (Å²) in [5.41, 5.74) is 6.78. The summed E-state index contributed by atoms with van der Waals surface area (Å²) >= 11 is 0. The van der Waals surface area contributed by atoms with Gasteiger partial charge in [-0.05, 0) is 18.2 Å². The van der Waals surface area contributed by atoms with Crippen molar-refractivity contribution in [2.75, 3.05) is 72.7 Å². The van der Waals surface area contributed by atoms with E-state index in [0.29, 0.717) is 69.5 Å². The van der Waals surface area contributed by atoms with Crippen molar-refractivity contribution in [2.45, 2.75) is 0 Å². The SMILES string of the molecule is COCCOCCNC(=O)c1cc(N)cc(C(=O)NCCOCCOC)c1. The number of anilines is 1. The molecule has 0 heterocycles. The van der Waals surface area contributed by atoms with Gasteiger partial charge in [0.25, 0.3) is 11.8 Å². The number of carbonyl (C=O) groups excluding carboxylic acids is 2. The number of amides is 2. The zero-order valence-corrected chi connectivity index (χ0v) is 15.9. The lowest BCUT2D eigenvalue weighted by Crippen LogP contribution is -2.29. The summed E-state index contributed by atoms with van der Waals surface area (Å²) in [6, 6.07) is 4.54. The summed E-state index contributed by atoms with van der Waals surface area (Å²) in [6.45, 7) is 3.35. The standard InChI is InChI=1S/C18H29N3O6/c1-24-7-9-26-5-3-20-17(22)14-11-15(13-16(19)12-14)18(23)21-4-6-27-10-8-25-2/h11-13H,3-10,19H2,1-2H3,(H,20,22)(H,21,23). The van der Waals surface area contributed by atoms with Crippen LogP contribution in [-0.2, 0) is 18.9 Å². The van der Waals surface area contributed by atoms with Crippen LogP contribution in [0.4, 0.5) is 5.69 Å². The molecule has 0 aliphatic rings. The number of rotatable bonds is 14. The van der Waals surface area contributed by atoms with E-state index in [2.05, 4.69) is 10.6 Å². The number of benzene rings is 1. The maximum atomic E-state index is 12.2. The van der Waals surface area contributed by atoms with E-state index in [-0.39, 0.29) is 11.8 Å². The molecule has 0 aliphatic heterocycles. The number of nitrogens with one attached hydrogen (secondary N) is 2. The Morgan fingerprint density at radius 1 is 0.778 bits per heavy atom. The Morgan fingerprint density at radius 2 is 1.22 bits per heavy atom. The first kappa shape index (κ1) is 22.8. The third kappa shape index (κ3) is 9.90. The van der Waals surface area contributed by atoms with Gasteiger partial charge in [0.1, 0.15) is 0 Å². The molecule has 9 heteroatoms. The van der Waals surface area contributed by atoms with Gasteiger partial charge in [-0.1, -0.05) is 0 Å². The molecule has 0 aromatic heterocycles. The third-order valence-electron chi connectivity index (χ3n) is 3.41. The van der Waals surface area contributed by atoms with Gasteiger partial charge in [-0.15, -0.1) is 0 Å². The Labute approximate surface area is 159 Å². The number of nitrogen functional groups attached to an aromatic ring is 1. The van der Waals surface area contributed by atoms with Gasteiger partial charge in [0.05, 0.1) is 39.6 Å². The lowest BCUT2D eigenvalue weighted by molar-refractivity contribution is 0.0692. The fourth-order valence-electron chi connectivity index (χ4n) is 2.08. The highest BCUT2D eigenvalue weighted by atomic mass is 16.5. The molecule has 1 rings (SSSR count). The topological polar surface area (TPSA) is 121 Å². The number of hydrogen-bond donors (Lipinski definition) is 3. The van der Waals surface area contributed by atoms with E-state index in [1.165, 1.54) is 18.2 Å². The molecule has 27 heavy (non-hydrogen) atoms. The summed E-state index contributed by atoms with van der Waals surface area (Å²) in [5.74, 6) is -0.649. The van der Waals surface area contributed by atoms with Crippen LogP contribution in [0.3, 0.4) is 0 Å². The van der Waals surface area contributed by atoms with E-state index in [1.54, 1.807) is 14.2 Å². The lowest BCUT2D eigenvalue weighted by Gasteiger charge is -2.10. The molecule has 0 saturated heterocycles. The number of nitrogens with two attached hydrogens (primary N) is 1. The van der Waals surface area contributed by atoms with E-state index in [9.17, 15) is 9.59 Å². The van der Waals surface area contributed by atoms with E-state index in [0.717, 1.165) is 0 Å². The first-order chi connectivity index (χ1) is 13.1. The van der Waals surface area contributed by atoms with Gasteiger partial charge < -0.3 is 35.3 Å². The van der Waals surface area contributed by atoms with Crippen molar-refractivity contribution in [3.05, 3.63) is 29.3 Å². The Balaban J connectivity index is 2.45. The average Bonchev–Trinajstić information content (AvgIpc) is 2.66. The quantitative estimate of drug-likeness (QED) is 0.307. The fraction of sp³-hybridized carbons (Fsp3) is 0.556. The van der Waals surface area contributed by atoms with E-state index in [4.69, 9.17) is 24.7 Å². The molecule has 4 N–H and O–H groups in total. The van der Waals surface area contributed by atoms with Crippen LogP contribution >= 0.6 is 0 Å². The number of carbonyl (C=O) groups is 2. The number of hydrogen-bond acceptors (Lipinski definition) is 7. The molecule has 2 amide bonds. The second kappa shape index (κ2) is 13.9. The molecule has 0 aliphatic carbocycles. The van der Waals surface area contributed by atoms with Crippen molar-refractivity contribution in [3.63, 3.8) is 0 Å². The minimum absolute atomic E-state index is 0.313. The minimum atomic E-state index is -0.324. The second-order valence-corrected chi connectivity index (χ2v) is 5.57. The van der Waals surface area contributed by atoms with Gasteiger partial charge in [0.15, 0.2) is 0 Å². The normalized spacial score (nSPS) is 10.6. The van der Waals surface area contributed by atoms with Crippen LogP contribution in [0.2, 0.25) is 0 Å². The van der Waals surface area contributed by atoms with E-state index in [1.807, 2.05) is 0 Å². The van der Waals surface area contributed by atoms with Crippen molar-refractivity contribution >= 4 is 17.5 Å². The molecular formula is C18H29N3O6. The Kier molecular flexibility index (Phi) is 11.8. The molecule has 0 fully saturated rings. The summed E-state index contributed by atoms with van der Waals surface area (Å²) in [5, 5.41) is 5.43.